The van der Waals surface area contributed by atoms with Gasteiger partial charge in [0.15, 0.2) is 0 Å². The summed E-state index contributed by atoms with van der Waals surface area (Å²) < 4.78 is 5.46. The minimum absolute atomic E-state index is 0.0784. The SMILES string of the molecule is CCCNC1COCC1C(=O)NCc1ccccc1CC. The van der Waals surface area contributed by atoms with E-state index < -0.39 is 0 Å². The second-order valence-corrected chi connectivity index (χ2v) is 5.54. The van der Waals surface area contributed by atoms with Gasteiger partial charge in [-0.1, -0.05) is 38.1 Å². The van der Waals surface area contributed by atoms with Crippen molar-refractivity contribution in [1.29, 1.82) is 0 Å². The van der Waals surface area contributed by atoms with Crippen LogP contribution in [-0.4, -0.2) is 31.7 Å². The van der Waals surface area contributed by atoms with Crippen LogP contribution in [0, 0.1) is 5.92 Å². The van der Waals surface area contributed by atoms with E-state index in [0.717, 1.165) is 19.4 Å². The van der Waals surface area contributed by atoms with Crippen molar-refractivity contribution in [3.8, 4) is 0 Å². The van der Waals surface area contributed by atoms with Crippen molar-refractivity contribution in [2.45, 2.75) is 39.3 Å². The fourth-order valence-corrected chi connectivity index (χ4v) is 2.73. The van der Waals surface area contributed by atoms with Crippen LogP contribution in [0.4, 0.5) is 0 Å². The zero-order valence-corrected chi connectivity index (χ0v) is 13.0. The van der Waals surface area contributed by atoms with Gasteiger partial charge >= 0.3 is 0 Å². The Labute approximate surface area is 127 Å². The number of ether oxygens (including phenoxy) is 1. The summed E-state index contributed by atoms with van der Waals surface area (Å²) in [5.41, 5.74) is 2.49. The maximum absolute atomic E-state index is 12.4. The third-order valence-corrected chi connectivity index (χ3v) is 4.03. The Hall–Kier alpha value is -1.39. The fraction of sp³-hybridized carbons (Fsp3) is 0.588. The summed E-state index contributed by atoms with van der Waals surface area (Å²) in [6.07, 6.45) is 2.05. The zero-order valence-electron chi connectivity index (χ0n) is 13.0. The highest BCUT2D eigenvalue weighted by Gasteiger charge is 2.33. The normalized spacial score (nSPS) is 21.4. The van der Waals surface area contributed by atoms with Crippen LogP contribution in [-0.2, 0) is 22.5 Å². The summed E-state index contributed by atoms with van der Waals surface area (Å²) in [5, 5.41) is 6.46. The van der Waals surface area contributed by atoms with Crippen LogP contribution in [0.5, 0.6) is 0 Å². The molecule has 1 aliphatic rings. The highest BCUT2D eigenvalue weighted by Crippen LogP contribution is 2.15. The molecule has 21 heavy (non-hydrogen) atoms. The number of aryl methyl sites for hydroxylation is 1. The third kappa shape index (κ3) is 4.29. The van der Waals surface area contributed by atoms with Gasteiger partial charge in [-0.2, -0.15) is 0 Å². The standard InChI is InChI=1S/C17H26N2O2/c1-3-9-18-16-12-21-11-15(16)17(20)19-10-14-8-6-5-7-13(14)4-2/h5-8,15-16,18H,3-4,9-12H2,1-2H3,(H,19,20). The molecule has 2 N–H and O–H groups in total. The molecule has 1 fully saturated rings. The lowest BCUT2D eigenvalue weighted by Gasteiger charge is -2.19. The third-order valence-electron chi connectivity index (χ3n) is 4.03. The van der Waals surface area contributed by atoms with Crippen molar-refractivity contribution >= 4 is 5.91 Å². The molecule has 0 aromatic heterocycles. The lowest BCUT2D eigenvalue weighted by molar-refractivity contribution is -0.125. The van der Waals surface area contributed by atoms with Gasteiger partial charge in [0.05, 0.1) is 19.1 Å². The van der Waals surface area contributed by atoms with E-state index in [1.165, 1.54) is 11.1 Å². The molecule has 1 aliphatic heterocycles. The highest BCUT2D eigenvalue weighted by molar-refractivity contribution is 5.79. The first-order chi connectivity index (χ1) is 10.3. The molecule has 1 aromatic carbocycles. The quantitative estimate of drug-likeness (QED) is 0.806. The Morgan fingerprint density at radius 2 is 2.00 bits per heavy atom. The topological polar surface area (TPSA) is 50.4 Å². The summed E-state index contributed by atoms with van der Waals surface area (Å²) >= 11 is 0. The Bertz CT molecular complexity index is 462. The molecule has 0 saturated carbocycles. The van der Waals surface area contributed by atoms with Crippen LogP contribution in [0.3, 0.4) is 0 Å². The number of carbonyl (C=O) groups excluding carboxylic acids is 1. The summed E-state index contributed by atoms with van der Waals surface area (Å²) in [5.74, 6) is 0.0114. The molecule has 1 heterocycles. The van der Waals surface area contributed by atoms with Crippen LogP contribution < -0.4 is 10.6 Å². The van der Waals surface area contributed by atoms with E-state index in [9.17, 15) is 4.79 Å². The lowest BCUT2D eigenvalue weighted by atomic mass is 10.0. The predicted molar refractivity (Wildman–Crippen MR) is 84.1 cm³/mol. The Morgan fingerprint density at radius 3 is 2.71 bits per heavy atom. The van der Waals surface area contributed by atoms with E-state index in [4.69, 9.17) is 4.74 Å². The highest BCUT2D eigenvalue weighted by atomic mass is 16.5. The van der Waals surface area contributed by atoms with E-state index in [0.29, 0.717) is 19.8 Å². The smallest absolute Gasteiger partial charge is 0.227 e. The van der Waals surface area contributed by atoms with Crippen molar-refractivity contribution < 1.29 is 9.53 Å². The van der Waals surface area contributed by atoms with Crippen molar-refractivity contribution in [2.24, 2.45) is 5.92 Å². The van der Waals surface area contributed by atoms with E-state index in [1.807, 2.05) is 12.1 Å². The Balaban J connectivity index is 1.89. The molecule has 0 bridgehead atoms. The molecule has 1 amide bonds. The minimum atomic E-state index is -0.0784. The zero-order chi connectivity index (χ0) is 15.1. The average molecular weight is 290 g/mol. The van der Waals surface area contributed by atoms with Gasteiger partial charge < -0.3 is 15.4 Å². The van der Waals surface area contributed by atoms with E-state index >= 15 is 0 Å². The van der Waals surface area contributed by atoms with Gasteiger partial charge in [0.25, 0.3) is 0 Å². The van der Waals surface area contributed by atoms with E-state index in [-0.39, 0.29) is 17.9 Å². The molecule has 116 valence electrons. The first-order valence-electron chi connectivity index (χ1n) is 7.91. The second-order valence-electron chi connectivity index (χ2n) is 5.54. The number of rotatable bonds is 7. The number of hydrogen-bond acceptors (Lipinski definition) is 3. The largest absolute Gasteiger partial charge is 0.379 e. The van der Waals surface area contributed by atoms with Gasteiger partial charge in [-0.15, -0.1) is 0 Å². The van der Waals surface area contributed by atoms with E-state index in [2.05, 4.69) is 36.6 Å². The average Bonchev–Trinajstić information content (AvgIpc) is 2.99. The van der Waals surface area contributed by atoms with Gasteiger partial charge in [0, 0.05) is 12.6 Å². The maximum atomic E-state index is 12.4. The summed E-state index contributed by atoms with van der Waals surface area (Å²) in [6.45, 7) is 6.93. The molecule has 0 aliphatic carbocycles. The molecule has 2 rings (SSSR count). The molecule has 1 saturated heterocycles. The lowest BCUT2D eigenvalue weighted by Crippen LogP contribution is -2.44. The predicted octanol–water partition coefficient (Wildman–Crippen LogP) is 1.88. The molecular weight excluding hydrogens is 264 g/mol. The molecule has 1 aromatic rings. The van der Waals surface area contributed by atoms with Crippen molar-refractivity contribution in [3.05, 3.63) is 35.4 Å². The monoisotopic (exact) mass is 290 g/mol. The van der Waals surface area contributed by atoms with Crippen molar-refractivity contribution in [2.75, 3.05) is 19.8 Å². The van der Waals surface area contributed by atoms with Crippen LogP contribution in [0.15, 0.2) is 24.3 Å². The molecule has 4 nitrogen and oxygen atoms in total. The van der Waals surface area contributed by atoms with Crippen molar-refractivity contribution in [1.82, 2.24) is 10.6 Å². The number of benzene rings is 1. The first kappa shape index (κ1) is 16.0. The van der Waals surface area contributed by atoms with Gasteiger partial charge in [-0.05, 0) is 30.5 Å². The summed E-state index contributed by atoms with van der Waals surface area (Å²) in [7, 11) is 0. The van der Waals surface area contributed by atoms with Crippen LogP contribution in [0.1, 0.15) is 31.4 Å². The van der Waals surface area contributed by atoms with Crippen LogP contribution in [0.25, 0.3) is 0 Å². The first-order valence-corrected chi connectivity index (χ1v) is 7.91. The van der Waals surface area contributed by atoms with Gasteiger partial charge in [-0.25, -0.2) is 0 Å². The molecule has 2 unspecified atom stereocenters. The van der Waals surface area contributed by atoms with Crippen molar-refractivity contribution in [3.63, 3.8) is 0 Å². The summed E-state index contributed by atoms with van der Waals surface area (Å²) in [4.78, 5) is 12.4. The van der Waals surface area contributed by atoms with Crippen LogP contribution in [0.2, 0.25) is 0 Å². The van der Waals surface area contributed by atoms with Crippen LogP contribution >= 0.6 is 0 Å². The minimum Gasteiger partial charge on any atom is -0.379 e. The Morgan fingerprint density at radius 1 is 1.24 bits per heavy atom. The van der Waals surface area contributed by atoms with Gasteiger partial charge in [0.1, 0.15) is 0 Å². The van der Waals surface area contributed by atoms with E-state index in [1.54, 1.807) is 0 Å². The summed E-state index contributed by atoms with van der Waals surface area (Å²) in [6, 6.07) is 8.40. The Kier molecular flexibility index (Phi) is 6.21. The number of hydrogen-bond donors (Lipinski definition) is 2. The number of nitrogens with one attached hydrogen (secondary N) is 2. The maximum Gasteiger partial charge on any atom is 0.227 e. The molecule has 2 atom stereocenters. The number of amides is 1. The molecule has 0 spiro atoms. The van der Waals surface area contributed by atoms with Gasteiger partial charge in [-0.3, -0.25) is 4.79 Å². The molecule has 0 radical (unpaired) electrons. The second kappa shape index (κ2) is 8.15. The molecular formula is C17H26N2O2. The number of carbonyl (C=O) groups is 1. The van der Waals surface area contributed by atoms with Gasteiger partial charge in [0.2, 0.25) is 5.91 Å². The fourth-order valence-electron chi connectivity index (χ4n) is 2.73. The molecule has 4 heteroatoms.